The maximum Gasteiger partial charge on any atom is 0.0682 e. The highest BCUT2D eigenvalue weighted by molar-refractivity contribution is 5.88. The molecule has 2 aromatic carbocycles. The first kappa shape index (κ1) is 14.5. The smallest absolute Gasteiger partial charge is 0.0682 e. The number of hydrogen-bond acceptors (Lipinski definition) is 2. The summed E-state index contributed by atoms with van der Waals surface area (Å²) in [6.07, 6.45) is 5.79. The van der Waals surface area contributed by atoms with E-state index in [1.807, 2.05) is 12.1 Å². The van der Waals surface area contributed by atoms with Crippen LogP contribution in [0, 0.1) is 0 Å². The Hall–Kier alpha value is -2.10. The minimum absolute atomic E-state index is 0.0822. The molecule has 3 nitrogen and oxygen atoms in total. The monoisotopic (exact) mass is 306 g/mol. The number of fused-ring (bicyclic) bond motifs is 1. The van der Waals surface area contributed by atoms with Gasteiger partial charge in [-0.1, -0.05) is 24.3 Å². The Balaban J connectivity index is 1.70. The second-order valence-corrected chi connectivity index (χ2v) is 6.43. The molecule has 0 bridgehead atoms. The van der Waals surface area contributed by atoms with E-state index in [-0.39, 0.29) is 6.61 Å². The van der Waals surface area contributed by atoms with E-state index in [1.165, 1.54) is 34.9 Å². The van der Waals surface area contributed by atoms with Crippen molar-refractivity contribution in [3.8, 4) is 11.1 Å². The fourth-order valence-electron chi connectivity index (χ4n) is 3.57. The molecule has 0 amide bonds. The number of aliphatic hydroxyl groups is 1. The van der Waals surface area contributed by atoms with Crippen LogP contribution in [0.5, 0.6) is 0 Å². The highest BCUT2D eigenvalue weighted by Gasteiger charge is 2.16. The molecular weight excluding hydrogens is 284 g/mol. The molecule has 0 aliphatic carbocycles. The summed E-state index contributed by atoms with van der Waals surface area (Å²) in [5.41, 5.74) is 5.89. The van der Waals surface area contributed by atoms with Gasteiger partial charge in [-0.25, -0.2) is 0 Å². The standard InChI is InChI=1S/C20H22N2O/c23-13-14-3-1-4-15(9-14)16-6-7-20-19(11-16)17(12-22-20)10-18-5-2-8-21-18/h1,3-4,6-7,9,11-12,18,21-23H,2,5,8,10,13H2/t18-/m1/s1. The Bertz CT molecular complexity index is 815. The number of aromatic amines is 1. The van der Waals surface area contributed by atoms with Gasteiger partial charge >= 0.3 is 0 Å². The zero-order chi connectivity index (χ0) is 15.6. The molecule has 0 unspecified atom stereocenters. The van der Waals surface area contributed by atoms with E-state index in [0.29, 0.717) is 6.04 Å². The van der Waals surface area contributed by atoms with Gasteiger partial charge in [0.15, 0.2) is 0 Å². The van der Waals surface area contributed by atoms with Crippen molar-refractivity contribution in [1.29, 1.82) is 0 Å². The highest BCUT2D eigenvalue weighted by atomic mass is 16.3. The first-order valence-electron chi connectivity index (χ1n) is 8.37. The molecule has 3 heteroatoms. The molecule has 0 saturated carbocycles. The van der Waals surface area contributed by atoms with E-state index >= 15 is 0 Å². The van der Waals surface area contributed by atoms with Crippen LogP contribution in [0.15, 0.2) is 48.7 Å². The molecule has 0 radical (unpaired) electrons. The fourth-order valence-corrected chi connectivity index (χ4v) is 3.57. The van der Waals surface area contributed by atoms with Crippen LogP contribution in [0.25, 0.3) is 22.0 Å². The Labute approximate surface area is 136 Å². The van der Waals surface area contributed by atoms with Crippen LogP contribution < -0.4 is 5.32 Å². The van der Waals surface area contributed by atoms with Crippen LogP contribution in [0.4, 0.5) is 0 Å². The Morgan fingerprint density at radius 1 is 1.09 bits per heavy atom. The third-order valence-corrected chi connectivity index (χ3v) is 4.84. The number of aromatic nitrogens is 1. The van der Waals surface area contributed by atoms with Gasteiger partial charge in [0, 0.05) is 23.1 Å². The van der Waals surface area contributed by atoms with Gasteiger partial charge in [-0.3, -0.25) is 0 Å². The van der Waals surface area contributed by atoms with Crippen molar-refractivity contribution >= 4 is 10.9 Å². The number of nitrogens with one attached hydrogen (secondary N) is 2. The lowest BCUT2D eigenvalue weighted by Gasteiger charge is -2.09. The van der Waals surface area contributed by atoms with Crippen LogP contribution in [-0.4, -0.2) is 22.7 Å². The third-order valence-electron chi connectivity index (χ3n) is 4.84. The fraction of sp³-hybridized carbons (Fsp3) is 0.300. The zero-order valence-electron chi connectivity index (χ0n) is 13.2. The average molecular weight is 306 g/mol. The Morgan fingerprint density at radius 2 is 2.00 bits per heavy atom. The highest BCUT2D eigenvalue weighted by Crippen LogP contribution is 2.28. The van der Waals surface area contributed by atoms with Crippen LogP contribution in [0.1, 0.15) is 24.0 Å². The molecule has 1 saturated heterocycles. The second-order valence-electron chi connectivity index (χ2n) is 6.43. The summed E-state index contributed by atoms with van der Waals surface area (Å²) in [6, 6.07) is 15.3. The normalized spacial score (nSPS) is 17.9. The van der Waals surface area contributed by atoms with E-state index in [1.54, 1.807) is 0 Å². The topological polar surface area (TPSA) is 48.0 Å². The number of rotatable bonds is 4. The van der Waals surface area contributed by atoms with Crippen LogP contribution >= 0.6 is 0 Å². The van der Waals surface area contributed by atoms with Gasteiger partial charge in [-0.05, 0) is 66.3 Å². The molecule has 118 valence electrons. The van der Waals surface area contributed by atoms with E-state index in [4.69, 9.17) is 0 Å². The summed E-state index contributed by atoms with van der Waals surface area (Å²) >= 11 is 0. The number of benzene rings is 2. The lowest BCUT2D eigenvalue weighted by Crippen LogP contribution is -2.23. The molecule has 1 aliphatic heterocycles. The molecule has 0 spiro atoms. The largest absolute Gasteiger partial charge is 0.392 e. The molecular formula is C20H22N2O. The summed E-state index contributed by atoms with van der Waals surface area (Å²) in [4.78, 5) is 3.40. The first-order valence-corrected chi connectivity index (χ1v) is 8.37. The summed E-state index contributed by atoms with van der Waals surface area (Å²) in [5.74, 6) is 0. The molecule has 1 aliphatic rings. The van der Waals surface area contributed by atoms with Crippen molar-refractivity contribution in [2.45, 2.75) is 31.9 Å². The van der Waals surface area contributed by atoms with Crippen molar-refractivity contribution in [1.82, 2.24) is 10.3 Å². The quantitative estimate of drug-likeness (QED) is 0.689. The SMILES string of the molecule is OCc1cccc(-c2ccc3[nH]cc(C[C@H]4CCCN4)c3c2)c1. The minimum Gasteiger partial charge on any atom is -0.392 e. The predicted molar refractivity (Wildman–Crippen MR) is 94.4 cm³/mol. The first-order chi connectivity index (χ1) is 11.3. The second kappa shape index (κ2) is 6.19. The van der Waals surface area contributed by atoms with Crippen LogP contribution in [-0.2, 0) is 13.0 Å². The van der Waals surface area contributed by atoms with Crippen molar-refractivity contribution in [3.05, 3.63) is 59.8 Å². The van der Waals surface area contributed by atoms with Gasteiger partial charge in [-0.2, -0.15) is 0 Å². The number of aliphatic hydroxyl groups excluding tert-OH is 1. The van der Waals surface area contributed by atoms with Crippen molar-refractivity contribution in [3.63, 3.8) is 0 Å². The molecule has 3 aromatic rings. The number of hydrogen-bond donors (Lipinski definition) is 3. The van der Waals surface area contributed by atoms with Gasteiger partial charge < -0.3 is 15.4 Å². The lowest BCUT2D eigenvalue weighted by atomic mass is 9.98. The van der Waals surface area contributed by atoms with E-state index in [2.05, 4.69) is 46.8 Å². The third kappa shape index (κ3) is 2.90. The van der Waals surface area contributed by atoms with Crippen LogP contribution in [0.2, 0.25) is 0 Å². The Kier molecular flexibility index (Phi) is 3.90. The average Bonchev–Trinajstić information content (AvgIpc) is 3.25. The van der Waals surface area contributed by atoms with Gasteiger partial charge in [0.2, 0.25) is 0 Å². The maximum atomic E-state index is 9.34. The lowest BCUT2D eigenvalue weighted by molar-refractivity contribution is 0.282. The van der Waals surface area contributed by atoms with E-state index < -0.39 is 0 Å². The zero-order valence-corrected chi connectivity index (χ0v) is 13.2. The van der Waals surface area contributed by atoms with Crippen molar-refractivity contribution < 1.29 is 5.11 Å². The summed E-state index contributed by atoms with van der Waals surface area (Å²) in [6.45, 7) is 1.23. The van der Waals surface area contributed by atoms with Crippen molar-refractivity contribution in [2.24, 2.45) is 0 Å². The predicted octanol–water partition coefficient (Wildman–Crippen LogP) is 3.62. The van der Waals surface area contributed by atoms with Gasteiger partial charge in [0.25, 0.3) is 0 Å². The van der Waals surface area contributed by atoms with Crippen molar-refractivity contribution in [2.75, 3.05) is 6.54 Å². The van der Waals surface area contributed by atoms with Gasteiger partial charge in [0.05, 0.1) is 6.61 Å². The molecule has 2 heterocycles. The molecule has 4 rings (SSSR count). The molecule has 1 fully saturated rings. The minimum atomic E-state index is 0.0822. The maximum absolute atomic E-state index is 9.34. The van der Waals surface area contributed by atoms with Crippen LogP contribution in [0.3, 0.4) is 0 Å². The van der Waals surface area contributed by atoms with E-state index in [9.17, 15) is 5.11 Å². The summed E-state index contributed by atoms with van der Waals surface area (Å²) in [5, 5.41) is 14.2. The Morgan fingerprint density at radius 3 is 2.83 bits per heavy atom. The van der Waals surface area contributed by atoms with Gasteiger partial charge in [0.1, 0.15) is 0 Å². The molecule has 3 N–H and O–H groups in total. The molecule has 1 atom stereocenters. The molecule has 23 heavy (non-hydrogen) atoms. The summed E-state index contributed by atoms with van der Waals surface area (Å²) in [7, 11) is 0. The van der Waals surface area contributed by atoms with E-state index in [0.717, 1.165) is 24.1 Å². The van der Waals surface area contributed by atoms with Gasteiger partial charge in [-0.15, -0.1) is 0 Å². The summed E-state index contributed by atoms with van der Waals surface area (Å²) < 4.78 is 0. The molecule has 1 aromatic heterocycles. The number of H-pyrrole nitrogens is 1.